The van der Waals surface area contributed by atoms with Crippen LogP contribution in [0.2, 0.25) is 0 Å². The minimum atomic E-state index is -0.631. The van der Waals surface area contributed by atoms with Gasteiger partial charge in [-0.1, -0.05) is 44.2 Å². The van der Waals surface area contributed by atoms with E-state index in [9.17, 15) is 5.11 Å². The van der Waals surface area contributed by atoms with Crippen LogP contribution in [-0.2, 0) is 6.54 Å². The summed E-state index contributed by atoms with van der Waals surface area (Å²) < 4.78 is 5.57. The highest BCUT2D eigenvalue weighted by molar-refractivity contribution is 5.21. The maximum Gasteiger partial charge on any atom is 0.137 e. The fourth-order valence-electron chi connectivity index (χ4n) is 1.86. The number of ether oxygens (including phenoxy) is 1. The van der Waals surface area contributed by atoms with Crippen molar-refractivity contribution >= 4 is 0 Å². The van der Waals surface area contributed by atoms with E-state index in [0.29, 0.717) is 11.8 Å². The monoisotopic (exact) mass is 286 g/mol. The first kappa shape index (κ1) is 15.5. The summed E-state index contributed by atoms with van der Waals surface area (Å²) in [4.78, 5) is 4.33. The van der Waals surface area contributed by atoms with Crippen LogP contribution < -0.4 is 10.1 Å². The third-order valence-corrected chi connectivity index (χ3v) is 3.08. The molecule has 21 heavy (non-hydrogen) atoms. The lowest BCUT2D eigenvalue weighted by Crippen LogP contribution is -2.22. The average Bonchev–Trinajstić information content (AvgIpc) is 2.52. The van der Waals surface area contributed by atoms with Crippen molar-refractivity contribution in [2.45, 2.75) is 32.5 Å². The van der Waals surface area contributed by atoms with Crippen molar-refractivity contribution in [3.63, 3.8) is 0 Å². The number of rotatable bonds is 7. The molecule has 4 heteroatoms. The molecule has 0 saturated heterocycles. The molecule has 0 radical (unpaired) electrons. The first-order chi connectivity index (χ1) is 10.1. The van der Waals surface area contributed by atoms with Crippen LogP contribution in [0.1, 0.15) is 31.2 Å². The Bertz CT molecular complexity index is 526. The number of pyridine rings is 1. The van der Waals surface area contributed by atoms with E-state index in [1.54, 1.807) is 6.20 Å². The number of hydrogen-bond donors (Lipinski definition) is 2. The van der Waals surface area contributed by atoms with E-state index in [4.69, 9.17) is 4.74 Å². The largest absolute Gasteiger partial charge is 0.489 e. The van der Waals surface area contributed by atoms with Gasteiger partial charge < -0.3 is 15.2 Å². The molecule has 2 rings (SSSR count). The molecule has 0 saturated carbocycles. The molecule has 1 aromatic carbocycles. The molecule has 0 spiro atoms. The van der Waals surface area contributed by atoms with E-state index in [2.05, 4.69) is 24.1 Å². The molecule has 1 aromatic heterocycles. The summed E-state index contributed by atoms with van der Waals surface area (Å²) in [6.45, 7) is 5.16. The van der Waals surface area contributed by atoms with Crippen LogP contribution in [0.5, 0.6) is 5.75 Å². The van der Waals surface area contributed by atoms with Crippen molar-refractivity contribution in [1.82, 2.24) is 10.3 Å². The molecule has 2 N–H and O–H groups in total. The minimum absolute atomic E-state index is 0.218. The van der Waals surface area contributed by atoms with Gasteiger partial charge in [-0.3, -0.25) is 4.98 Å². The molecule has 0 bridgehead atoms. The normalized spacial score (nSPS) is 12.4. The first-order valence-corrected chi connectivity index (χ1v) is 7.19. The van der Waals surface area contributed by atoms with Crippen molar-refractivity contribution in [3.8, 4) is 5.75 Å². The number of benzene rings is 1. The van der Waals surface area contributed by atoms with Crippen molar-refractivity contribution in [1.29, 1.82) is 0 Å². The number of aromatic nitrogens is 1. The van der Waals surface area contributed by atoms with E-state index in [1.807, 2.05) is 42.5 Å². The number of hydrogen-bond acceptors (Lipinski definition) is 4. The Morgan fingerprint density at radius 2 is 1.90 bits per heavy atom. The topological polar surface area (TPSA) is 54.4 Å². The van der Waals surface area contributed by atoms with E-state index in [-0.39, 0.29) is 6.61 Å². The summed E-state index contributed by atoms with van der Waals surface area (Å²) in [7, 11) is 0. The summed E-state index contributed by atoms with van der Waals surface area (Å²) in [5, 5.41) is 13.3. The fourth-order valence-corrected chi connectivity index (χ4v) is 1.86. The highest BCUT2D eigenvalue weighted by atomic mass is 16.5. The summed E-state index contributed by atoms with van der Waals surface area (Å²) in [5.41, 5.74) is 1.82. The second-order valence-corrected chi connectivity index (χ2v) is 5.26. The molecule has 2 aromatic rings. The number of aliphatic hydroxyl groups is 1. The van der Waals surface area contributed by atoms with Gasteiger partial charge in [-0.05, 0) is 17.7 Å². The van der Waals surface area contributed by atoms with E-state index in [1.165, 1.54) is 0 Å². The zero-order valence-corrected chi connectivity index (χ0v) is 12.5. The molecule has 0 fully saturated rings. The summed E-state index contributed by atoms with van der Waals surface area (Å²) in [6.07, 6.45) is 1.06. The van der Waals surface area contributed by atoms with E-state index in [0.717, 1.165) is 17.8 Å². The zero-order valence-electron chi connectivity index (χ0n) is 12.5. The van der Waals surface area contributed by atoms with Crippen molar-refractivity contribution in [2.75, 3.05) is 6.61 Å². The number of nitrogens with zero attached hydrogens (tertiary/aromatic N) is 1. The van der Waals surface area contributed by atoms with Crippen molar-refractivity contribution in [2.24, 2.45) is 0 Å². The van der Waals surface area contributed by atoms with Gasteiger partial charge in [0.05, 0.1) is 11.9 Å². The Balaban J connectivity index is 1.83. The van der Waals surface area contributed by atoms with Crippen LogP contribution in [0, 0.1) is 0 Å². The molecule has 0 aliphatic rings. The number of aliphatic hydroxyl groups excluding tert-OH is 1. The standard InChI is InChI=1S/C17H22N2O2/c1-13(2)18-10-15-8-9-16(11-19-15)21-12-17(20)14-6-4-3-5-7-14/h3-9,11,13,17-18,20H,10,12H2,1-2H3. The Morgan fingerprint density at radius 3 is 2.52 bits per heavy atom. The van der Waals surface area contributed by atoms with Gasteiger partial charge >= 0.3 is 0 Å². The van der Waals surface area contributed by atoms with E-state index < -0.39 is 6.10 Å². The molecule has 1 atom stereocenters. The molecule has 0 aliphatic carbocycles. The lowest BCUT2D eigenvalue weighted by Gasteiger charge is -2.13. The second kappa shape index (κ2) is 7.76. The Hall–Kier alpha value is -1.91. The average molecular weight is 286 g/mol. The lowest BCUT2D eigenvalue weighted by molar-refractivity contribution is 0.108. The Morgan fingerprint density at radius 1 is 1.14 bits per heavy atom. The third kappa shape index (κ3) is 5.17. The first-order valence-electron chi connectivity index (χ1n) is 7.19. The molecule has 1 unspecified atom stereocenters. The van der Waals surface area contributed by atoms with Gasteiger partial charge in [-0.25, -0.2) is 0 Å². The van der Waals surface area contributed by atoms with Gasteiger partial charge in [-0.2, -0.15) is 0 Å². The lowest BCUT2D eigenvalue weighted by atomic mass is 10.1. The fraction of sp³-hybridized carbons (Fsp3) is 0.353. The molecule has 0 amide bonds. The Labute approximate surface area is 125 Å². The number of nitrogens with one attached hydrogen (secondary N) is 1. The maximum absolute atomic E-state index is 10.0. The van der Waals surface area contributed by atoms with Gasteiger partial charge in [0.2, 0.25) is 0 Å². The highest BCUT2D eigenvalue weighted by Crippen LogP contribution is 2.15. The molecule has 1 heterocycles. The zero-order chi connectivity index (χ0) is 15.1. The van der Waals surface area contributed by atoms with Gasteiger partial charge in [0.15, 0.2) is 0 Å². The van der Waals surface area contributed by atoms with Gasteiger partial charge in [-0.15, -0.1) is 0 Å². The van der Waals surface area contributed by atoms with Crippen molar-refractivity contribution in [3.05, 3.63) is 59.9 Å². The molecule has 0 aliphatic heterocycles. The van der Waals surface area contributed by atoms with Crippen LogP contribution in [0.4, 0.5) is 0 Å². The van der Waals surface area contributed by atoms with Gasteiger partial charge in [0, 0.05) is 12.6 Å². The molecule has 112 valence electrons. The summed E-state index contributed by atoms with van der Waals surface area (Å²) in [6, 6.07) is 13.7. The smallest absolute Gasteiger partial charge is 0.137 e. The summed E-state index contributed by atoms with van der Waals surface area (Å²) >= 11 is 0. The van der Waals surface area contributed by atoms with Crippen LogP contribution in [0.3, 0.4) is 0 Å². The van der Waals surface area contributed by atoms with Crippen LogP contribution in [0.25, 0.3) is 0 Å². The second-order valence-electron chi connectivity index (χ2n) is 5.26. The molecular weight excluding hydrogens is 264 g/mol. The van der Waals surface area contributed by atoms with E-state index >= 15 is 0 Å². The molecular formula is C17H22N2O2. The van der Waals surface area contributed by atoms with Crippen molar-refractivity contribution < 1.29 is 9.84 Å². The highest BCUT2D eigenvalue weighted by Gasteiger charge is 2.08. The quantitative estimate of drug-likeness (QED) is 0.821. The SMILES string of the molecule is CC(C)NCc1ccc(OCC(O)c2ccccc2)cn1. The minimum Gasteiger partial charge on any atom is -0.489 e. The van der Waals surface area contributed by atoms with Gasteiger partial charge in [0.1, 0.15) is 18.5 Å². The predicted octanol–water partition coefficient (Wildman–Crippen LogP) is 2.69. The van der Waals surface area contributed by atoms with Crippen LogP contribution in [0.15, 0.2) is 48.7 Å². The molecule has 4 nitrogen and oxygen atoms in total. The predicted molar refractivity (Wildman–Crippen MR) is 83.1 cm³/mol. The Kier molecular flexibility index (Phi) is 5.72. The van der Waals surface area contributed by atoms with Crippen LogP contribution in [-0.4, -0.2) is 22.7 Å². The van der Waals surface area contributed by atoms with Gasteiger partial charge in [0.25, 0.3) is 0 Å². The van der Waals surface area contributed by atoms with Crippen LogP contribution >= 0.6 is 0 Å². The third-order valence-electron chi connectivity index (χ3n) is 3.08. The summed E-state index contributed by atoms with van der Waals surface area (Å²) in [5.74, 6) is 0.665. The maximum atomic E-state index is 10.0.